The van der Waals surface area contributed by atoms with Gasteiger partial charge >= 0.3 is 0 Å². The number of hydrogen-bond acceptors (Lipinski definition) is 6. The molecule has 3 N–H and O–H groups in total. The Balaban J connectivity index is 1.96. The predicted octanol–water partition coefficient (Wildman–Crippen LogP) is 0.754. The van der Waals surface area contributed by atoms with E-state index in [1.165, 1.54) is 4.90 Å². The molecule has 3 amide bonds. The van der Waals surface area contributed by atoms with Crippen LogP contribution in [0.25, 0.3) is 0 Å². The lowest BCUT2D eigenvalue weighted by Crippen LogP contribution is -2.40. The maximum Gasteiger partial charge on any atom is 0.288 e. The number of thioether (sulfide) groups is 1. The molecule has 1 aliphatic heterocycles. The monoisotopic (exact) mass is 309 g/mol. The van der Waals surface area contributed by atoms with E-state index >= 15 is 0 Å². The molecule has 0 saturated carbocycles. The largest absolute Gasteiger partial charge is 0.491 e. The molecule has 8 heteroatoms. The maximum absolute atomic E-state index is 11.6. The van der Waals surface area contributed by atoms with Gasteiger partial charge in [0.1, 0.15) is 12.4 Å². The van der Waals surface area contributed by atoms with Crippen LogP contribution in [0.4, 0.5) is 4.79 Å². The van der Waals surface area contributed by atoms with Gasteiger partial charge in [-0.3, -0.25) is 24.7 Å². The Labute approximate surface area is 125 Å². The summed E-state index contributed by atoms with van der Waals surface area (Å²) in [6, 6.07) is 6.60. The number of imide groups is 1. The molecule has 112 valence electrons. The molecule has 2 rings (SSSR count). The third kappa shape index (κ3) is 3.73. The number of rotatable bonds is 5. The number of nitrogen functional groups attached to an aromatic ring is 1. The Morgan fingerprint density at radius 1 is 1.38 bits per heavy atom. The van der Waals surface area contributed by atoms with Crippen LogP contribution in [0, 0.1) is 0 Å². The van der Waals surface area contributed by atoms with Crippen LogP contribution in [-0.4, -0.2) is 40.9 Å². The van der Waals surface area contributed by atoms with Crippen LogP contribution in [0.2, 0.25) is 0 Å². The first-order valence-corrected chi connectivity index (χ1v) is 7.32. The number of carbonyl (C=O) groups is 3. The van der Waals surface area contributed by atoms with Crippen molar-refractivity contribution in [2.75, 3.05) is 18.9 Å². The zero-order chi connectivity index (χ0) is 15.2. The molecular weight excluding hydrogens is 294 g/mol. The van der Waals surface area contributed by atoms with Gasteiger partial charge in [0.25, 0.3) is 11.1 Å². The topological polar surface area (TPSA) is 102 Å². The number of para-hydroxylation sites is 1. The summed E-state index contributed by atoms with van der Waals surface area (Å²) in [7, 11) is 0. The van der Waals surface area contributed by atoms with E-state index in [1.54, 1.807) is 24.3 Å². The molecule has 0 bridgehead atoms. The minimum atomic E-state index is -0.466. The van der Waals surface area contributed by atoms with Crippen LogP contribution in [0.15, 0.2) is 24.3 Å². The van der Waals surface area contributed by atoms with E-state index in [9.17, 15) is 14.4 Å². The summed E-state index contributed by atoms with van der Waals surface area (Å²) in [4.78, 5) is 36.0. The van der Waals surface area contributed by atoms with Crippen molar-refractivity contribution in [3.63, 3.8) is 0 Å². The lowest BCUT2D eigenvalue weighted by atomic mass is 10.2. The van der Waals surface area contributed by atoms with Crippen LogP contribution in [0.5, 0.6) is 5.75 Å². The second-order valence-electron chi connectivity index (χ2n) is 4.23. The number of amides is 3. The SMILES string of the molecule is NNC(=O)c1ccccc1OCCN1C(=O)CCSC1=O. The predicted molar refractivity (Wildman–Crippen MR) is 77.8 cm³/mol. The minimum Gasteiger partial charge on any atom is -0.491 e. The quantitative estimate of drug-likeness (QED) is 0.473. The highest BCUT2D eigenvalue weighted by molar-refractivity contribution is 8.13. The molecule has 0 aromatic heterocycles. The summed E-state index contributed by atoms with van der Waals surface area (Å²) in [5, 5.41) is -0.261. The molecule has 7 nitrogen and oxygen atoms in total. The molecule has 1 fully saturated rings. The summed E-state index contributed by atoms with van der Waals surface area (Å²) in [6.07, 6.45) is 0.350. The Bertz CT molecular complexity index is 548. The average molecular weight is 309 g/mol. The molecule has 0 spiro atoms. The minimum absolute atomic E-state index is 0.118. The highest BCUT2D eigenvalue weighted by atomic mass is 32.2. The van der Waals surface area contributed by atoms with Crippen molar-refractivity contribution in [1.29, 1.82) is 0 Å². The van der Waals surface area contributed by atoms with Gasteiger partial charge in [-0.1, -0.05) is 23.9 Å². The molecule has 1 aliphatic rings. The first-order valence-electron chi connectivity index (χ1n) is 6.33. The smallest absolute Gasteiger partial charge is 0.288 e. The second-order valence-corrected chi connectivity index (χ2v) is 5.27. The zero-order valence-corrected chi connectivity index (χ0v) is 12.0. The fraction of sp³-hybridized carbons (Fsp3) is 0.308. The first-order chi connectivity index (χ1) is 10.1. The molecular formula is C13H15N3O4S. The summed E-state index contributed by atoms with van der Waals surface area (Å²) in [6.45, 7) is 0.274. The zero-order valence-electron chi connectivity index (χ0n) is 11.2. The van der Waals surface area contributed by atoms with Gasteiger partial charge in [-0.25, -0.2) is 5.84 Å². The molecule has 0 atom stereocenters. The van der Waals surface area contributed by atoms with Crippen LogP contribution >= 0.6 is 11.8 Å². The van der Waals surface area contributed by atoms with Gasteiger partial charge in [0.05, 0.1) is 12.1 Å². The van der Waals surface area contributed by atoms with Gasteiger partial charge in [0.2, 0.25) is 5.91 Å². The number of carbonyl (C=O) groups excluding carboxylic acids is 3. The Morgan fingerprint density at radius 2 is 2.14 bits per heavy atom. The lowest BCUT2D eigenvalue weighted by molar-refractivity contribution is -0.127. The molecule has 0 radical (unpaired) electrons. The van der Waals surface area contributed by atoms with E-state index in [2.05, 4.69) is 0 Å². The Kier molecular flexibility index (Phi) is 5.18. The van der Waals surface area contributed by atoms with Crippen LogP contribution in [0.1, 0.15) is 16.8 Å². The Morgan fingerprint density at radius 3 is 2.86 bits per heavy atom. The number of hydrogen-bond donors (Lipinski definition) is 2. The summed E-state index contributed by atoms with van der Waals surface area (Å²) in [5.74, 6) is 5.31. The maximum atomic E-state index is 11.6. The average Bonchev–Trinajstić information content (AvgIpc) is 2.50. The number of nitrogens with two attached hydrogens (primary N) is 1. The fourth-order valence-electron chi connectivity index (χ4n) is 1.86. The number of ether oxygens (including phenoxy) is 1. The van der Waals surface area contributed by atoms with Crippen molar-refractivity contribution in [3.8, 4) is 5.75 Å². The van der Waals surface area contributed by atoms with Crippen molar-refractivity contribution in [2.45, 2.75) is 6.42 Å². The van der Waals surface area contributed by atoms with Crippen molar-refractivity contribution in [3.05, 3.63) is 29.8 Å². The summed E-state index contributed by atoms with van der Waals surface area (Å²) < 4.78 is 5.49. The van der Waals surface area contributed by atoms with Crippen molar-refractivity contribution >= 4 is 28.8 Å². The second kappa shape index (κ2) is 7.09. The van der Waals surface area contributed by atoms with E-state index in [0.717, 1.165) is 11.8 Å². The normalized spacial score (nSPS) is 15.0. The first kappa shape index (κ1) is 15.3. The van der Waals surface area contributed by atoms with E-state index in [1.807, 2.05) is 5.43 Å². The van der Waals surface area contributed by atoms with Crippen LogP contribution in [0.3, 0.4) is 0 Å². The number of hydrazine groups is 1. The summed E-state index contributed by atoms with van der Waals surface area (Å²) in [5.41, 5.74) is 2.33. The molecule has 0 unspecified atom stereocenters. The molecule has 1 heterocycles. The van der Waals surface area contributed by atoms with Crippen molar-refractivity contribution < 1.29 is 19.1 Å². The van der Waals surface area contributed by atoms with Gasteiger partial charge in [-0.2, -0.15) is 0 Å². The molecule has 1 aromatic carbocycles. The van der Waals surface area contributed by atoms with E-state index in [4.69, 9.17) is 10.6 Å². The van der Waals surface area contributed by atoms with Crippen molar-refractivity contribution in [1.82, 2.24) is 10.3 Å². The van der Waals surface area contributed by atoms with E-state index in [-0.39, 0.29) is 24.3 Å². The van der Waals surface area contributed by atoms with Gasteiger partial charge < -0.3 is 4.74 Å². The molecule has 21 heavy (non-hydrogen) atoms. The number of benzene rings is 1. The lowest BCUT2D eigenvalue weighted by Gasteiger charge is -2.24. The van der Waals surface area contributed by atoms with Gasteiger partial charge in [0, 0.05) is 12.2 Å². The van der Waals surface area contributed by atoms with Crippen molar-refractivity contribution in [2.24, 2.45) is 5.84 Å². The molecule has 0 aliphatic carbocycles. The third-order valence-electron chi connectivity index (χ3n) is 2.90. The van der Waals surface area contributed by atoms with Gasteiger partial charge in [0.15, 0.2) is 0 Å². The number of nitrogens with one attached hydrogen (secondary N) is 1. The standard InChI is InChI=1S/C13H15N3O4S/c14-15-12(18)9-3-1-2-4-10(9)20-7-6-16-11(17)5-8-21-13(16)19/h1-4H,5-8,14H2,(H,15,18). The van der Waals surface area contributed by atoms with Crippen LogP contribution < -0.4 is 16.0 Å². The fourth-order valence-corrected chi connectivity index (χ4v) is 2.66. The van der Waals surface area contributed by atoms with Gasteiger partial charge in [-0.15, -0.1) is 0 Å². The van der Waals surface area contributed by atoms with Gasteiger partial charge in [-0.05, 0) is 12.1 Å². The van der Waals surface area contributed by atoms with E-state index < -0.39 is 5.91 Å². The summed E-state index contributed by atoms with van der Waals surface area (Å²) >= 11 is 1.12. The Hall–Kier alpha value is -2.06. The van der Waals surface area contributed by atoms with E-state index in [0.29, 0.717) is 23.5 Å². The number of nitrogens with zero attached hydrogens (tertiary/aromatic N) is 1. The highest BCUT2D eigenvalue weighted by Gasteiger charge is 2.26. The molecule has 1 saturated heterocycles. The molecule has 1 aromatic rings. The third-order valence-corrected chi connectivity index (χ3v) is 3.77. The van der Waals surface area contributed by atoms with Crippen LogP contribution in [-0.2, 0) is 4.79 Å². The highest BCUT2D eigenvalue weighted by Crippen LogP contribution is 2.20.